The molecule has 34 nitrogen and oxygen atoms in total. The largest absolute Gasteiger partial charge is 0.489 e. The number of aromatic nitrogens is 20. The molecule has 14 heterocycles. The number of fused-ring (bicyclic) bond motifs is 4. The average Bonchev–Trinajstić information content (AvgIpc) is 1.62. The number of hydrogen-bond acceptors (Lipinski definition) is 29. The number of aryl methyl sites for hydroxylation is 5. The van der Waals surface area contributed by atoms with Gasteiger partial charge in [0.05, 0.1) is 52.5 Å². The van der Waals surface area contributed by atoms with E-state index >= 15 is 0 Å². The number of pyridine rings is 3. The van der Waals surface area contributed by atoms with Crippen molar-refractivity contribution in [2.45, 2.75) is 124 Å². The first kappa shape index (κ1) is 99.8. The normalized spacial score (nSPS) is 12.7. The van der Waals surface area contributed by atoms with Crippen LogP contribution in [-0.4, -0.2) is 137 Å². The van der Waals surface area contributed by atoms with Crippen molar-refractivity contribution in [1.82, 2.24) is 98.5 Å². The summed E-state index contributed by atoms with van der Waals surface area (Å²) in [7, 11) is 0. The molecule has 0 atom stereocenters. The molecule has 2 aliphatic heterocycles. The number of nitrogen functional groups attached to an aromatic ring is 4. The number of nitrogens with zero attached hydrogens (tertiary/aromatic N) is 20. The van der Waals surface area contributed by atoms with Gasteiger partial charge in [-0.05, 0) is 224 Å². The van der Waals surface area contributed by atoms with Crippen LogP contribution in [-0.2, 0) is 55.2 Å². The predicted octanol–water partition coefficient (Wildman–Crippen LogP) is 21.4. The van der Waals surface area contributed by atoms with E-state index in [1.807, 2.05) is 181 Å². The molecule has 38 heteroatoms. The lowest BCUT2D eigenvalue weighted by Gasteiger charge is -2.22. The highest BCUT2D eigenvalue weighted by molar-refractivity contribution is 6.01. The molecule has 0 amide bonds. The van der Waals surface area contributed by atoms with Gasteiger partial charge in [0.25, 0.3) is 0 Å². The molecule has 22 rings (SSSR count). The topological polar surface area (TPSA) is 425 Å². The van der Waals surface area contributed by atoms with E-state index in [0.717, 1.165) is 122 Å². The smallest absolute Gasteiger partial charge is 0.164 e. The Morgan fingerprint density at radius 2 is 0.765 bits per heavy atom. The Morgan fingerprint density at radius 3 is 1.17 bits per heavy atom. The van der Waals surface area contributed by atoms with Gasteiger partial charge in [-0.25, -0.2) is 76.2 Å². The van der Waals surface area contributed by atoms with Gasteiger partial charge in [0.2, 0.25) is 0 Å². The van der Waals surface area contributed by atoms with Crippen molar-refractivity contribution in [2.75, 3.05) is 56.0 Å². The summed E-state index contributed by atoms with van der Waals surface area (Å²) in [5, 5.41) is 31.2. The van der Waals surface area contributed by atoms with Crippen molar-refractivity contribution in [3.63, 3.8) is 0 Å². The second-order valence-electron chi connectivity index (χ2n) is 35.5. The molecule has 12 aromatic heterocycles. The number of nitrogens with two attached hydrogens (primary N) is 4. The third-order valence-electron chi connectivity index (χ3n) is 24.7. The third kappa shape index (κ3) is 24.2. The number of benzene rings is 8. The van der Waals surface area contributed by atoms with Crippen LogP contribution in [0.3, 0.4) is 0 Å². The number of hydrogen-bond donors (Lipinski definition) is 5. The van der Waals surface area contributed by atoms with E-state index in [0.29, 0.717) is 171 Å². The molecule has 149 heavy (non-hydrogen) atoms. The predicted molar refractivity (Wildman–Crippen MR) is 555 cm³/mol. The molecule has 0 unspecified atom stereocenters. The van der Waals surface area contributed by atoms with Gasteiger partial charge in [0, 0.05) is 175 Å². The lowest BCUT2D eigenvalue weighted by molar-refractivity contribution is 0.0673. The number of rotatable bonds is 30. The maximum atomic E-state index is 14.4. The quantitative estimate of drug-likeness (QED) is 0.0261. The first-order valence-corrected chi connectivity index (χ1v) is 48.4. The first-order chi connectivity index (χ1) is 72.6. The Bertz CT molecular complexity index is 8040. The Labute approximate surface area is 852 Å². The first-order valence-electron chi connectivity index (χ1n) is 48.4. The molecule has 0 spiro atoms. The maximum Gasteiger partial charge on any atom is 0.164 e. The SMILES string of the molecule is CCn1cccc1COc1cc(F)cc(Oc2ccc(-c3nn(C4CCOCC4)c4ncnc(N)c34)cc2)c1.Cc1ccc(COc2cc(F)cc(Oc3ccc(-c4nn(C(C)C)c5ncnc(N)c45)cc3)c2)cn1.Cc1ccc(COc2cc(F)cc(Oc3ccc(-c4nn(CCO)c5ncnc(N)c45)cc3)c2)cn1.Nc1ncnc2c1c(-c1ccc(Oc3cc(F)cc(CCc4ccccn4)c3)cc1)nn2C1CCOCC1. The van der Waals surface area contributed by atoms with Crippen LogP contribution in [0, 0.1) is 37.1 Å². The van der Waals surface area contributed by atoms with Gasteiger partial charge < -0.3 is 75.2 Å². The van der Waals surface area contributed by atoms with Crippen molar-refractivity contribution in [3.05, 3.63) is 337 Å². The minimum Gasteiger partial charge on any atom is -0.489 e. The second-order valence-corrected chi connectivity index (χ2v) is 35.5. The summed E-state index contributed by atoms with van der Waals surface area (Å²) in [5.41, 5.74) is 39.9. The summed E-state index contributed by atoms with van der Waals surface area (Å²) < 4.78 is 119. The van der Waals surface area contributed by atoms with E-state index < -0.39 is 17.5 Å². The Balaban J connectivity index is 0.000000125. The fourth-order valence-electron chi connectivity index (χ4n) is 17.3. The monoisotopic (exact) mass is 2010 g/mol. The molecular weight excluding hydrogens is 1910 g/mol. The zero-order valence-corrected chi connectivity index (χ0v) is 81.9. The van der Waals surface area contributed by atoms with Crippen LogP contribution >= 0.6 is 0 Å². The van der Waals surface area contributed by atoms with Gasteiger partial charge in [0.15, 0.2) is 22.6 Å². The van der Waals surface area contributed by atoms with Crippen molar-refractivity contribution < 1.29 is 65.3 Å². The van der Waals surface area contributed by atoms with Gasteiger partial charge >= 0.3 is 0 Å². The van der Waals surface area contributed by atoms with Crippen LogP contribution in [0.4, 0.5) is 40.8 Å². The summed E-state index contributed by atoms with van der Waals surface area (Å²) in [6, 6.07) is 64.9. The Hall–Kier alpha value is -17.9. The minimum absolute atomic E-state index is 0.0891. The lowest BCUT2D eigenvalue weighted by Crippen LogP contribution is -2.20. The molecule has 0 bridgehead atoms. The van der Waals surface area contributed by atoms with Crippen LogP contribution in [0.25, 0.3) is 89.2 Å². The van der Waals surface area contributed by atoms with E-state index in [-0.39, 0.29) is 50.3 Å². The van der Waals surface area contributed by atoms with E-state index in [2.05, 4.69) is 71.4 Å². The molecule has 2 saturated heterocycles. The molecule has 20 aromatic rings. The Morgan fingerprint density at radius 1 is 0.376 bits per heavy atom. The van der Waals surface area contributed by atoms with Crippen molar-refractivity contribution in [2.24, 2.45) is 0 Å². The highest BCUT2D eigenvalue weighted by Crippen LogP contribution is 2.42. The Kier molecular flexibility index (Phi) is 30.8. The summed E-state index contributed by atoms with van der Waals surface area (Å²) in [4.78, 5) is 47.0. The zero-order chi connectivity index (χ0) is 103. The fourth-order valence-corrected chi connectivity index (χ4v) is 17.3. The van der Waals surface area contributed by atoms with E-state index in [1.165, 1.54) is 73.8 Å². The van der Waals surface area contributed by atoms with Crippen molar-refractivity contribution >= 4 is 67.4 Å². The molecule has 756 valence electrons. The molecule has 0 aliphatic carbocycles. The molecular formula is C111H104F4N24O10. The zero-order valence-electron chi connectivity index (χ0n) is 81.9. The molecule has 2 aliphatic rings. The highest BCUT2D eigenvalue weighted by atomic mass is 19.1. The number of aliphatic hydroxyl groups is 1. The van der Waals surface area contributed by atoms with Gasteiger partial charge in [0.1, 0.15) is 178 Å². The fraction of sp³-hybridized carbons (Fsp3) is 0.216. The average molecular weight is 2010 g/mol. The van der Waals surface area contributed by atoms with Gasteiger partial charge in [-0.2, -0.15) is 20.4 Å². The van der Waals surface area contributed by atoms with Crippen molar-refractivity contribution in [1.29, 1.82) is 0 Å². The van der Waals surface area contributed by atoms with Crippen LogP contribution in [0.15, 0.2) is 275 Å². The molecule has 9 N–H and O–H groups in total. The van der Waals surface area contributed by atoms with Crippen LogP contribution < -0.4 is 56.1 Å². The molecule has 0 radical (unpaired) electrons. The molecule has 2 fully saturated rings. The van der Waals surface area contributed by atoms with E-state index in [1.54, 1.807) is 65.7 Å². The van der Waals surface area contributed by atoms with Gasteiger partial charge in [-0.15, -0.1) is 0 Å². The summed E-state index contributed by atoms with van der Waals surface area (Å²) in [6.07, 6.45) is 17.8. The highest BCUT2D eigenvalue weighted by Gasteiger charge is 2.29. The summed E-state index contributed by atoms with van der Waals surface area (Å²) in [5.74, 6) is 4.43. The summed E-state index contributed by atoms with van der Waals surface area (Å²) in [6.45, 7) is 14.6. The van der Waals surface area contributed by atoms with Crippen molar-refractivity contribution in [3.8, 4) is 108 Å². The number of ether oxygens (including phenoxy) is 9. The number of anilines is 4. The summed E-state index contributed by atoms with van der Waals surface area (Å²) >= 11 is 0. The van der Waals surface area contributed by atoms with Crippen LogP contribution in [0.5, 0.6) is 63.2 Å². The molecule has 0 saturated carbocycles. The number of aliphatic hydroxyl groups excluding tert-OH is 1. The van der Waals surface area contributed by atoms with Crippen LogP contribution in [0.1, 0.15) is 104 Å². The van der Waals surface area contributed by atoms with E-state index in [9.17, 15) is 22.7 Å². The minimum atomic E-state index is -0.475. The van der Waals surface area contributed by atoms with Gasteiger partial charge in [-0.1, -0.05) is 18.2 Å². The van der Waals surface area contributed by atoms with E-state index in [4.69, 9.17) is 80.9 Å². The maximum absolute atomic E-state index is 14.4. The third-order valence-corrected chi connectivity index (χ3v) is 24.7. The lowest BCUT2D eigenvalue weighted by atomic mass is 10.1. The molecule has 8 aromatic carbocycles. The van der Waals surface area contributed by atoms with Gasteiger partial charge in [-0.3, -0.25) is 15.0 Å². The standard InChI is InChI=1S/C29H29FN6O3.C29H27FN6O2.C27H25FN6O2.C26H23FN6O3/c1-2-35-11-3-4-22(35)17-38-24-14-20(30)15-25(16-24)39-23-7-5-19(6-8-23)27-26-28(31)32-18-33-29(26)36(34-27)21-9-12-37-13-10-21;30-21-15-19(4-7-22-3-1-2-12-32-22)16-25(17-21)38-24-8-5-20(6-9-24)27-26-28(31)33-18-34-29(26)36(35-27)23-10-13-37-14-11-23;1-16(2)34-27-24(26(29)31-15-32-27)25(33-34)19-6-8-21(9-7-19)36-23-11-20(28)10-22(12-23)35-14-18-5-4-17(3)30-13-18;1-16-2-3-17(13-29-16)14-35-21-10-19(27)11-22(12-21)36-20-6-4-18(5-7-20)24-23-25(28)30-15-31-26(23)33(32-24)8-9-34/h3-8,11,14-16,18,21H,2,9-10,12-13,17H2,1H3,(H2,31,32,33);1-3,5-6,8-9,12,15-18,23H,4,7,10-11,13-14H2,(H2,31,33,34);4-13,15-16H,14H2,1-3H3,(H2,29,31,32);2-7,10-13,15,34H,8-9,14H2,1H3,(H2,28,30,31). The number of halogens is 4. The van der Waals surface area contributed by atoms with Crippen LogP contribution in [0.2, 0.25) is 0 Å². The second kappa shape index (κ2) is 46.0.